The van der Waals surface area contributed by atoms with Gasteiger partial charge in [0.05, 0.1) is 16.7 Å². The molecule has 1 fully saturated rings. The van der Waals surface area contributed by atoms with E-state index in [-0.39, 0.29) is 41.2 Å². The van der Waals surface area contributed by atoms with E-state index in [9.17, 15) is 23.3 Å². The number of nitrogens with two attached hydrogens (primary N) is 1. The molecule has 14 heteroatoms. The molecule has 4 N–H and O–H groups in total. The second-order valence-corrected chi connectivity index (χ2v) is 9.55. The monoisotopic (exact) mass is 533 g/mol. The highest BCUT2D eigenvalue weighted by Crippen LogP contribution is 2.34. The van der Waals surface area contributed by atoms with Gasteiger partial charge < -0.3 is 16.4 Å². The van der Waals surface area contributed by atoms with Crippen LogP contribution in [0.3, 0.4) is 0 Å². The molecular weight excluding hydrogens is 503 g/mol. The SMILES string of the molecule is Cc1c(CN[C@H]2CC[C@H](Cc3nc(NCc4cnccc4C(F)(F)F)nc(N)c3[N+](=O)[O-])CC2)cnn1C. The highest BCUT2D eigenvalue weighted by molar-refractivity contribution is 5.58. The van der Waals surface area contributed by atoms with E-state index < -0.39 is 16.7 Å². The predicted molar refractivity (Wildman–Crippen MR) is 134 cm³/mol. The minimum atomic E-state index is -4.55. The zero-order valence-corrected chi connectivity index (χ0v) is 21.1. The fourth-order valence-corrected chi connectivity index (χ4v) is 4.78. The lowest BCUT2D eigenvalue weighted by molar-refractivity contribution is -0.385. The summed E-state index contributed by atoms with van der Waals surface area (Å²) in [7, 11) is 1.91. The summed E-state index contributed by atoms with van der Waals surface area (Å²) < 4.78 is 41.7. The number of hydrogen-bond donors (Lipinski definition) is 3. The van der Waals surface area contributed by atoms with Gasteiger partial charge in [0.25, 0.3) is 0 Å². The smallest absolute Gasteiger partial charge is 0.378 e. The third-order valence-corrected chi connectivity index (χ3v) is 7.06. The number of alkyl halides is 3. The third-order valence-electron chi connectivity index (χ3n) is 7.06. The van der Waals surface area contributed by atoms with Crippen molar-refractivity contribution in [3.63, 3.8) is 0 Å². The Balaban J connectivity index is 1.41. The fraction of sp³-hybridized carbons (Fsp3) is 0.500. The van der Waals surface area contributed by atoms with Crippen LogP contribution in [0.25, 0.3) is 0 Å². The number of anilines is 2. The van der Waals surface area contributed by atoms with E-state index in [4.69, 9.17) is 5.73 Å². The predicted octanol–water partition coefficient (Wildman–Crippen LogP) is 3.93. The first-order valence-electron chi connectivity index (χ1n) is 12.3. The maximum Gasteiger partial charge on any atom is 0.416 e. The Labute approximate surface area is 217 Å². The van der Waals surface area contributed by atoms with Crippen LogP contribution in [-0.2, 0) is 32.7 Å². The van der Waals surface area contributed by atoms with Gasteiger partial charge in [0.2, 0.25) is 11.8 Å². The van der Waals surface area contributed by atoms with Gasteiger partial charge in [0.1, 0.15) is 5.69 Å². The lowest BCUT2D eigenvalue weighted by atomic mass is 9.83. The Morgan fingerprint density at radius 2 is 1.89 bits per heavy atom. The number of nitrogens with one attached hydrogen (secondary N) is 2. The number of hydrogen-bond acceptors (Lipinski definition) is 9. The van der Waals surface area contributed by atoms with Crippen LogP contribution in [0.1, 0.15) is 53.8 Å². The number of rotatable bonds is 9. The van der Waals surface area contributed by atoms with E-state index in [1.54, 1.807) is 0 Å². The Bertz CT molecular complexity index is 1290. The molecule has 0 saturated heterocycles. The van der Waals surface area contributed by atoms with Gasteiger partial charge in [-0.25, -0.2) is 4.98 Å². The van der Waals surface area contributed by atoms with Crippen molar-refractivity contribution in [3.05, 3.63) is 62.8 Å². The molecule has 204 valence electrons. The molecule has 1 saturated carbocycles. The first-order valence-corrected chi connectivity index (χ1v) is 12.3. The van der Waals surface area contributed by atoms with E-state index in [1.807, 2.05) is 24.9 Å². The molecule has 3 heterocycles. The molecule has 0 atom stereocenters. The van der Waals surface area contributed by atoms with Gasteiger partial charge in [-0.15, -0.1) is 0 Å². The maximum absolute atomic E-state index is 13.3. The van der Waals surface area contributed by atoms with Crippen molar-refractivity contribution in [2.24, 2.45) is 13.0 Å². The van der Waals surface area contributed by atoms with Gasteiger partial charge in [-0.2, -0.15) is 23.3 Å². The second kappa shape index (κ2) is 11.3. The quantitative estimate of drug-likeness (QED) is 0.275. The molecule has 0 unspecified atom stereocenters. The number of halogens is 3. The Kier molecular flexibility index (Phi) is 8.09. The molecule has 3 aromatic heterocycles. The molecule has 3 aromatic rings. The molecule has 0 radical (unpaired) electrons. The van der Waals surface area contributed by atoms with Crippen molar-refractivity contribution in [2.45, 2.75) is 64.3 Å². The Morgan fingerprint density at radius 1 is 1.16 bits per heavy atom. The van der Waals surface area contributed by atoms with Crippen LogP contribution in [0, 0.1) is 23.0 Å². The Hall–Kier alpha value is -3.81. The van der Waals surface area contributed by atoms with E-state index in [1.165, 1.54) is 0 Å². The van der Waals surface area contributed by atoms with Crippen LogP contribution in [0.15, 0.2) is 24.7 Å². The van der Waals surface area contributed by atoms with Gasteiger partial charge in [-0.1, -0.05) is 0 Å². The molecule has 1 aliphatic rings. The van der Waals surface area contributed by atoms with Gasteiger partial charge in [-0.3, -0.25) is 19.8 Å². The highest BCUT2D eigenvalue weighted by atomic mass is 19.4. The number of aryl methyl sites for hydroxylation is 1. The number of aromatic nitrogens is 5. The largest absolute Gasteiger partial charge is 0.416 e. The Morgan fingerprint density at radius 3 is 2.53 bits per heavy atom. The molecule has 0 amide bonds. The lowest BCUT2D eigenvalue weighted by Crippen LogP contribution is -2.33. The summed E-state index contributed by atoms with van der Waals surface area (Å²) >= 11 is 0. The van der Waals surface area contributed by atoms with Crippen LogP contribution in [-0.4, -0.2) is 35.7 Å². The maximum atomic E-state index is 13.3. The average molecular weight is 534 g/mol. The molecule has 4 rings (SSSR count). The molecule has 38 heavy (non-hydrogen) atoms. The summed E-state index contributed by atoms with van der Waals surface area (Å²) in [5.41, 5.74) is 7.03. The van der Waals surface area contributed by atoms with Crippen LogP contribution in [0.5, 0.6) is 0 Å². The van der Waals surface area contributed by atoms with E-state index in [2.05, 4.69) is 30.7 Å². The topological polar surface area (TPSA) is 150 Å². The first-order chi connectivity index (χ1) is 18.0. The molecule has 0 aliphatic heterocycles. The van der Waals surface area contributed by atoms with Crippen LogP contribution >= 0.6 is 0 Å². The molecule has 0 spiro atoms. The summed E-state index contributed by atoms with van der Waals surface area (Å²) in [6.45, 7) is 2.48. The zero-order chi connectivity index (χ0) is 27.4. The molecule has 0 aromatic carbocycles. The van der Waals surface area contributed by atoms with Gasteiger partial charge >= 0.3 is 11.9 Å². The number of nitrogens with zero attached hydrogens (tertiary/aromatic N) is 6. The third kappa shape index (κ3) is 6.36. The molecular formula is C24H30F3N9O2. The van der Waals surface area contributed by atoms with Crippen molar-refractivity contribution < 1.29 is 18.1 Å². The molecule has 1 aliphatic carbocycles. The summed E-state index contributed by atoms with van der Waals surface area (Å²) in [5, 5.41) is 22.3. The normalized spacial score (nSPS) is 17.9. The fourth-order valence-electron chi connectivity index (χ4n) is 4.78. The van der Waals surface area contributed by atoms with E-state index >= 15 is 0 Å². The minimum Gasteiger partial charge on any atom is -0.378 e. The minimum absolute atomic E-state index is 0.0673. The van der Waals surface area contributed by atoms with Gasteiger partial charge in [0.15, 0.2) is 0 Å². The summed E-state index contributed by atoms with van der Waals surface area (Å²) in [6, 6.07) is 1.22. The average Bonchev–Trinajstić information content (AvgIpc) is 3.18. The summed E-state index contributed by atoms with van der Waals surface area (Å²) in [6.07, 6.45) is 3.31. The highest BCUT2D eigenvalue weighted by Gasteiger charge is 2.33. The summed E-state index contributed by atoms with van der Waals surface area (Å²) in [4.78, 5) is 23.1. The van der Waals surface area contributed by atoms with Crippen molar-refractivity contribution in [1.82, 2.24) is 30.0 Å². The van der Waals surface area contributed by atoms with Crippen LogP contribution in [0.2, 0.25) is 0 Å². The van der Waals surface area contributed by atoms with Gasteiger partial charge in [0, 0.05) is 55.4 Å². The van der Waals surface area contributed by atoms with Crippen LogP contribution in [0.4, 0.5) is 30.6 Å². The second-order valence-electron chi connectivity index (χ2n) is 9.55. The van der Waals surface area contributed by atoms with E-state index in [0.717, 1.165) is 61.9 Å². The van der Waals surface area contributed by atoms with Crippen molar-refractivity contribution in [2.75, 3.05) is 11.1 Å². The lowest BCUT2D eigenvalue weighted by Gasteiger charge is -2.29. The van der Waals surface area contributed by atoms with Crippen LogP contribution < -0.4 is 16.4 Å². The van der Waals surface area contributed by atoms with Crippen molar-refractivity contribution in [1.29, 1.82) is 0 Å². The zero-order valence-electron chi connectivity index (χ0n) is 21.1. The standard InChI is InChI=1S/C24H30F3N9O2/c1-14-16(13-32-35(14)2)11-30-18-5-3-15(4-6-18)9-20-21(36(37)38)22(28)34-23(33-20)31-12-17-10-29-8-7-19(17)24(25,26)27/h7-8,10,13,15,18,30H,3-6,9,11-12H2,1-2H3,(H3,28,31,33,34)/t15-,18-. The van der Waals surface area contributed by atoms with Crippen molar-refractivity contribution in [3.8, 4) is 0 Å². The number of nitrogen functional groups attached to an aromatic ring is 1. The van der Waals surface area contributed by atoms with Crippen molar-refractivity contribution >= 4 is 17.5 Å². The number of pyridine rings is 1. The van der Waals surface area contributed by atoms with E-state index in [0.29, 0.717) is 12.5 Å². The molecule has 11 nitrogen and oxygen atoms in total. The number of nitro groups is 1. The molecule has 0 bridgehead atoms. The summed E-state index contributed by atoms with van der Waals surface area (Å²) in [5.74, 6) is -0.238. The van der Waals surface area contributed by atoms with Gasteiger partial charge in [-0.05, 0) is 51.0 Å². The first kappa shape index (κ1) is 27.2.